The van der Waals surface area contributed by atoms with E-state index in [0.29, 0.717) is 17.8 Å². The van der Waals surface area contributed by atoms with Crippen molar-refractivity contribution in [2.24, 2.45) is 41.4 Å². The molecule has 0 heterocycles. The molecule has 0 saturated heterocycles. The number of hydrogen-bond donors (Lipinski definition) is 0. The van der Waals surface area contributed by atoms with E-state index in [0.717, 1.165) is 30.1 Å². The summed E-state index contributed by atoms with van der Waals surface area (Å²) in [5.41, 5.74) is 0. The van der Waals surface area contributed by atoms with Gasteiger partial charge in [0.2, 0.25) is 0 Å². The summed E-state index contributed by atoms with van der Waals surface area (Å²) in [4.78, 5) is 0. The summed E-state index contributed by atoms with van der Waals surface area (Å²) in [5.74, 6) is 5.60. The van der Waals surface area contributed by atoms with E-state index in [9.17, 15) is 0 Å². The zero-order valence-corrected chi connectivity index (χ0v) is 19.3. The lowest BCUT2D eigenvalue weighted by Crippen LogP contribution is -2.35. The van der Waals surface area contributed by atoms with Crippen molar-refractivity contribution in [3.8, 4) is 0 Å². The second-order valence-corrected chi connectivity index (χ2v) is 11.4. The first-order valence-electron chi connectivity index (χ1n) is 13.2. The van der Waals surface area contributed by atoms with Crippen LogP contribution in [0.2, 0.25) is 0 Å². The molecule has 3 aliphatic carbocycles. The summed E-state index contributed by atoms with van der Waals surface area (Å²) in [6, 6.07) is 0. The largest absolute Gasteiger partial charge is 0.247 e. The Kier molecular flexibility index (Phi) is 9.17. The fourth-order valence-electron chi connectivity index (χ4n) is 7.21. The molecule has 1 heteroatoms. The van der Waals surface area contributed by atoms with Crippen molar-refractivity contribution in [3.63, 3.8) is 0 Å². The molecule has 4 atom stereocenters. The third kappa shape index (κ3) is 6.46. The van der Waals surface area contributed by atoms with Crippen molar-refractivity contribution < 1.29 is 4.39 Å². The lowest BCUT2D eigenvalue weighted by molar-refractivity contribution is 0.0454. The molecular formula is C27H49F. The molecule has 3 rings (SSSR count). The quantitative estimate of drug-likeness (QED) is 0.386. The van der Waals surface area contributed by atoms with Gasteiger partial charge in [-0.3, -0.25) is 0 Å². The van der Waals surface area contributed by atoms with Crippen LogP contribution in [0.15, 0.2) is 0 Å². The highest BCUT2D eigenvalue weighted by molar-refractivity contribution is 4.89. The van der Waals surface area contributed by atoms with Gasteiger partial charge in [-0.25, -0.2) is 4.39 Å². The van der Waals surface area contributed by atoms with Gasteiger partial charge < -0.3 is 0 Å². The number of alkyl halides is 1. The molecule has 0 N–H and O–H groups in total. The van der Waals surface area contributed by atoms with Crippen LogP contribution in [0.25, 0.3) is 0 Å². The third-order valence-electron chi connectivity index (χ3n) is 9.17. The van der Waals surface area contributed by atoms with E-state index in [1.54, 1.807) is 0 Å². The SMILES string of the molecule is CCCC(C)CCCC1CCC(C2CCC(C3CCC(C)CC3)CC2)C(F)C1. The molecule has 0 amide bonds. The Morgan fingerprint density at radius 3 is 2.00 bits per heavy atom. The predicted molar refractivity (Wildman–Crippen MR) is 120 cm³/mol. The van der Waals surface area contributed by atoms with E-state index < -0.39 is 6.17 Å². The summed E-state index contributed by atoms with van der Waals surface area (Å²) in [7, 11) is 0. The lowest BCUT2D eigenvalue weighted by atomic mass is 9.64. The molecule has 3 aliphatic rings. The van der Waals surface area contributed by atoms with Crippen molar-refractivity contribution in [2.75, 3.05) is 0 Å². The molecule has 0 aliphatic heterocycles. The number of hydrogen-bond acceptors (Lipinski definition) is 0. The van der Waals surface area contributed by atoms with Crippen LogP contribution in [-0.4, -0.2) is 6.17 Å². The average molecular weight is 393 g/mol. The summed E-state index contributed by atoms with van der Waals surface area (Å²) < 4.78 is 15.1. The molecule has 3 fully saturated rings. The fraction of sp³-hybridized carbons (Fsp3) is 1.00. The van der Waals surface area contributed by atoms with Gasteiger partial charge in [-0.15, -0.1) is 0 Å². The Morgan fingerprint density at radius 2 is 1.39 bits per heavy atom. The van der Waals surface area contributed by atoms with Crippen molar-refractivity contribution in [2.45, 2.75) is 130 Å². The summed E-state index contributed by atoms with van der Waals surface area (Å²) in [6.45, 7) is 7.10. The van der Waals surface area contributed by atoms with E-state index in [-0.39, 0.29) is 0 Å². The van der Waals surface area contributed by atoms with Gasteiger partial charge in [0, 0.05) is 0 Å². The van der Waals surface area contributed by atoms with Gasteiger partial charge in [-0.1, -0.05) is 65.7 Å². The van der Waals surface area contributed by atoms with E-state index in [1.807, 2.05) is 0 Å². The first-order valence-corrected chi connectivity index (χ1v) is 13.2. The Morgan fingerprint density at radius 1 is 0.786 bits per heavy atom. The van der Waals surface area contributed by atoms with Gasteiger partial charge in [0.25, 0.3) is 0 Å². The van der Waals surface area contributed by atoms with E-state index in [1.165, 1.54) is 96.3 Å². The highest BCUT2D eigenvalue weighted by Crippen LogP contribution is 2.47. The molecule has 0 bridgehead atoms. The van der Waals surface area contributed by atoms with Crippen molar-refractivity contribution in [1.82, 2.24) is 0 Å². The van der Waals surface area contributed by atoms with Gasteiger partial charge in [0.05, 0.1) is 0 Å². The Hall–Kier alpha value is -0.0700. The monoisotopic (exact) mass is 392 g/mol. The third-order valence-corrected chi connectivity index (χ3v) is 9.17. The second kappa shape index (κ2) is 11.4. The number of rotatable bonds is 8. The van der Waals surface area contributed by atoms with Gasteiger partial charge in [-0.2, -0.15) is 0 Å². The molecule has 0 radical (unpaired) electrons. The average Bonchev–Trinajstić information content (AvgIpc) is 2.69. The number of halogens is 1. The van der Waals surface area contributed by atoms with E-state index in [2.05, 4.69) is 20.8 Å². The minimum atomic E-state index is -0.496. The van der Waals surface area contributed by atoms with Crippen LogP contribution in [-0.2, 0) is 0 Å². The fourth-order valence-corrected chi connectivity index (χ4v) is 7.21. The summed E-state index contributed by atoms with van der Waals surface area (Å²) >= 11 is 0. The highest BCUT2D eigenvalue weighted by atomic mass is 19.1. The van der Waals surface area contributed by atoms with Crippen molar-refractivity contribution in [1.29, 1.82) is 0 Å². The molecule has 164 valence electrons. The van der Waals surface area contributed by atoms with Gasteiger partial charge >= 0.3 is 0 Å². The molecule has 0 spiro atoms. The maximum atomic E-state index is 15.1. The van der Waals surface area contributed by atoms with Gasteiger partial charge in [-0.05, 0) is 99.2 Å². The molecule has 0 aromatic carbocycles. The van der Waals surface area contributed by atoms with Gasteiger partial charge in [0.15, 0.2) is 0 Å². The van der Waals surface area contributed by atoms with Gasteiger partial charge in [0.1, 0.15) is 6.17 Å². The van der Waals surface area contributed by atoms with Crippen LogP contribution in [0.3, 0.4) is 0 Å². The minimum Gasteiger partial charge on any atom is -0.247 e. The Balaban J connectivity index is 1.35. The predicted octanol–water partition coefficient (Wildman–Crippen LogP) is 8.98. The lowest BCUT2D eigenvalue weighted by Gasteiger charge is -2.42. The van der Waals surface area contributed by atoms with Crippen LogP contribution in [0, 0.1) is 41.4 Å². The zero-order valence-electron chi connectivity index (χ0n) is 19.3. The van der Waals surface area contributed by atoms with Crippen LogP contribution in [0.4, 0.5) is 4.39 Å². The van der Waals surface area contributed by atoms with Crippen LogP contribution in [0.5, 0.6) is 0 Å². The molecule has 0 aromatic rings. The minimum absolute atomic E-state index is 0.405. The smallest absolute Gasteiger partial charge is 0.103 e. The zero-order chi connectivity index (χ0) is 19.9. The first kappa shape index (κ1) is 22.6. The topological polar surface area (TPSA) is 0 Å². The van der Waals surface area contributed by atoms with Crippen molar-refractivity contribution >= 4 is 0 Å². The van der Waals surface area contributed by atoms with E-state index >= 15 is 4.39 Å². The van der Waals surface area contributed by atoms with Crippen LogP contribution in [0.1, 0.15) is 124 Å². The Bertz CT molecular complexity index is 416. The van der Waals surface area contributed by atoms with Crippen molar-refractivity contribution in [3.05, 3.63) is 0 Å². The van der Waals surface area contributed by atoms with Crippen LogP contribution < -0.4 is 0 Å². The standard InChI is InChI=1S/C27H49F/c1-4-6-20(2)7-5-8-22-11-18-26(27(28)19-22)25-16-14-24(15-17-25)23-12-9-21(3)10-13-23/h20-27H,4-19H2,1-3H3. The normalized spacial score (nSPS) is 40.9. The molecule has 4 unspecified atom stereocenters. The maximum absolute atomic E-state index is 15.1. The molecule has 0 aromatic heterocycles. The maximum Gasteiger partial charge on any atom is 0.103 e. The van der Waals surface area contributed by atoms with Crippen LogP contribution >= 0.6 is 0 Å². The second-order valence-electron chi connectivity index (χ2n) is 11.4. The summed E-state index contributed by atoms with van der Waals surface area (Å²) in [5, 5.41) is 0. The molecule has 28 heavy (non-hydrogen) atoms. The van der Waals surface area contributed by atoms with E-state index in [4.69, 9.17) is 0 Å². The molecule has 0 nitrogen and oxygen atoms in total. The Labute approximate surface area is 175 Å². The molecule has 3 saturated carbocycles. The first-order chi connectivity index (χ1) is 13.6. The summed E-state index contributed by atoms with van der Waals surface area (Å²) in [6.07, 6.45) is 20.9. The highest BCUT2D eigenvalue weighted by Gasteiger charge is 2.38. The molecular weight excluding hydrogens is 343 g/mol.